The van der Waals surface area contributed by atoms with E-state index >= 15 is 0 Å². The van der Waals surface area contributed by atoms with Gasteiger partial charge in [-0.15, -0.1) is 11.3 Å². The Balaban J connectivity index is 1.69. The Kier molecular flexibility index (Phi) is 11.1. The number of hydrogen-bond acceptors (Lipinski definition) is 16. The molecule has 2 aromatic heterocycles. The van der Waals surface area contributed by atoms with Crippen molar-refractivity contribution in [2.45, 2.75) is 65.1 Å². The van der Waals surface area contributed by atoms with Gasteiger partial charge in [-0.25, -0.2) is 9.78 Å². The third kappa shape index (κ3) is 8.06. The smallest absolute Gasteiger partial charge is 0.375 e. The zero-order valence-electron chi connectivity index (χ0n) is 25.5. The van der Waals surface area contributed by atoms with Crippen LogP contribution in [0.25, 0.3) is 22.2 Å². The molecule has 0 saturated carbocycles. The lowest BCUT2D eigenvalue weighted by atomic mass is 9.94. The Morgan fingerprint density at radius 1 is 0.848 bits per heavy atom. The van der Waals surface area contributed by atoms with E-state index in [1.807, 2.05) is 0 Å². The maximum absolute atomic E-state index is 13.5. The molecule has 3 aromatic rings. The molecule has 3 heterocycles. The van der Waals surface area contributed by atoms with Crippen LogP contribution in [0.3, 0.4) is 0 Å². The number of rotatable bonds is 11. The van der Waals surface area contributed by atoms with E-state index in [2.05, 4.69) is 4.98 Å². The zero-order chi connectivity index (χ0) is 33.5. The van der Waals surface area contributed by atoms with Gasteiger partial charge in [-0.05, 0) is 19.1 Å². The number of carbonyl (C=O) groups is 5. The van der Waals surface area contributed by atoms with Gasteiger partial charge in [-0.1, -0.05) is 0 Å². The predicted octanol–water partition coefficient (Wildman–Crippen LogP) is 2.60. The molecule has 1 saturated heterocycles. The minimum atomic E-state index is -1.36. The largest absolute Gasteiger partial charge is 0.491 e. The minimum absolute atomic E-state index is 0.00563. The molecule has 0 radical (unpaired) electrons. The topological polar surface area (TPSA) is 193 Å². The summed E-state index contributed by atoms with van der Waals surface area (Å²) < 4.78 is 44.3. The number of hydrogen-bond donors (Lipinski definition) is 0. The van der Waals surface area contributed by atoms with Crippen molar-refractivity contribution in [3.8, 4) is 17.0 Å². The summed E-state index contributed by atoms with van der Waals surface area (Å²) in [6, 6.07) is 4.28. The van der Waals surface area contributed by atoms with Crippen molar-refractivity contribution in [3.05, 3.63) is 45.1 Å². The second-order valence-electron chi connectivity index (χ2n) is 9.94. The molecule has 16 heteroatoms. The molecule has 0 bridgehead atoms. The van der Waals surface area contributed by atoms with Crippen molar-refractivity contribution in [1.29, 1.82) is 0 Å². The molecule has 1 aliphatic rings. The molecule has 0 unspecified atom stereocenters. The first-order valence-electron chi connectivity index (χ1n) is 14.0. The van der Waals surface area contributed by atoms with Crippen molar-refractivity contribution in [3.63, 3.8) is 0 Å². The molecule has 1 aromatic carbocycles. The standard InChI is InChI=1S/C30H31NO14S/c1-6-38-30(37)28-24(20-12-46-13-31-20)25(36)19-8-7-18(9-21(19)45-28)40-11-23-27(42-16(4)34)29(43-17(5)35)26(41-15(3)33)22(44-23)10-39-14(2)32/h7-9,12-13,22-23,26-27,29H,6,10-11H2,1-5H3/t22-,23+,26+,27-,29-/m1/s1. The number of fused-ring (bicyclic) bond motifs is 1. The van der Waals surface area contributed by atoms with Crippen molar-refractivity contribution in [2.24, 2.45) is 0 Å². The summed E-state index contributed by atoms with van der Waals surface area (Å²) >= 11 is 1.24. The van der Waals surface area contributed by atoms with E-state index in [0.29, 0.717) is 0 Å². The maximum atomic E-state index is 13.5. The second-order valence-corrected chi connectivity index (χ2v) is 10.7. The molecule has 46 heavy (non-hydrogen) atoms. The fourth-order valence-corrected chi connectivity index (χ4v) is 5.35. The third-order valence-corrected chi connectivity index (χ3v) is 7.10. The van der Waals surface area contributed by atoms with Gasteiger partial charge in [-0.3, -0.25) is 24.0 Å². The van der Waals surface area contributed by atoms with Gasteiger partial charge >= 0.3 is 29.8 Å². The minimum Gasteiger partial charge on any atom is -0.491 e. The number of nitrogens with zero attached hydrogens (tertiary/aromatic N) is 1. The van der Waals surface area contributed by atoms with Gasteiger partial charge in [0, 0.05) is 39.1 Å². The zero-order valence-corrected chi connectivity index (χ0v) is 26.3. The Morgan fingerprint density at radius 2 is 1.48 bits per heavy atom. The summed E-state index contributed by atoms with van der Waals surface area (Å²) in [5.74, 6) is -3.97. The summed E-state index contributed by atoms with van der Waals surface area (Å²) in [5.41, 5.74) is 1.22. The first-order chi connectivity index (χ1) is 21.9. The van der Waals surface area contributed by atoms with Crippen molar-refractivity contribution < 1.29 is 61.5 Å². The number of thiazole rings is 1. The maximum Gasteiger partial charge on any atom is 0.375 e. The van der Waals surface area contributed by atoms with E-state index in [0.717, 1.165) is 20.8 Å². The highest BCUT2D eigenvalue weighted by atomic mass is 32.1. The van der Waals surface area contributed by atoms with Crippen molar-refractivity contribution in [1.82, 2.24) is 4.98 Å². The molecular weight excluding hydrogens is 630 g/mol. The molecule has 0 amide bonds. The van der Waals surface area contributed by atoms with E-state index in [-0.39, 0.29) is 47.0 Å². The molecule has 0 aliphatic carbocycles. The summed E-state index contributed by atoms with van der Waals surface area (Å²) in [4.78, 5) is 78.1. The number of ether oxygens (including phenoxy) is 7. The van der Waals surface area contributed by atoms with Gasteiger partial charge < -0.3 is 37.6 Å². The fraction of sp³-hybridized carbons (Fsp3) is 0.433. The average Bonchev–Trinajstić information content (AvgIpc) is 3.51. The van der Waals surface area contributed by atoms with Gasteiger partial charge in [0.15, 0.2) is 18.3 Å². The second kappa shape index (κ2) is 15.0. The molecule has 4 rings (SSSR count). The predicted molar refractivity (Wildman–Crippen MR) is 157 cm³/mol. The van der Waals surface area contributed by atoms with Crippen molar-refractivity contribution in [2.75, 3.05) is 19.8 Å². The van der Waals surface area contributed by atoms with E-state index in [1.54, 1.807) is 12.3 Å². The number of benzene rings is 1. The first kappa shape index (κ1) is 34.1. The van der Waals surface area contributed by atoms with Gasteiger partial charge in [0.05, 0.1) is 28.8 Å². The average molecular weight is 662 g/mol. The number of carbonyl (C=O) groups excluding carboxylic acids is 5. The Labute approximate surface area is 265 Å². The van der Waals surface area contributed by atoms with Gasteiger partial charge in [-0.2, -0.15) is 0 Å². The fourth-order valence-electron chi connectivity index (χ4n) is 4.80. The molecule has 1 aliphatic heterocycles. The van der Waals surface area contributed by atoms with Crippen LogP contribution in [0.4, 0.5) is 0 Å². The van der Waals surface area contributed by atoms with E-state index in [9.17, 15) is 28.8 Å². The summed E-state index contributed by atoms with van der Waals surface area (Å²) in [6.45, 7) is 5.45. The number of aromatic nitrogens is 1. The highest BCUT2D eigenvalue weighted by Crippen LogP contribution is 2.31. The van der Waals surface area contributed by atoms with Crippen LogP contribution in [0.2, 0.25) is 0 Å². The lowest BCUT2D eigenvalue weighted by molar-refractivity contribution is -0.255. The van der Waals surface area contributed by atoms with E-state index in [4.69, 9.17) is 37.6 Å². The third-order valence-electron chi connectivity index (χ3n) is 6.51. The molecule has 246 valence electrons. The van der Waals surface area contributed by atoms with Gasteiger partial charge in [0.2, 0.25) is 11.2 Å². The lowest BCUT2D eigenvalue weighted by Crippen LogP contribution is -2.63. The van der Waals surface area contributed by atoms with Crippen molar-refractivity contribution >= 4 is 52.2 Å². The lowest BCUT2D eigenvalue weighted by Gasteiger charge is -2.44. The van der Waals surface area contributed by atoms with Crippen LogP contribution in [-0.4, -0.2) is 85.2 Å². The summed E-state index contributed by atoms with van der Waals surface area (Å²) in [6.07, 6.45) is -6.30. The van der Waals surface area contributed by atoms with Crippen LogP contribution >= 0.6 is 11.3 Å². The SMILES string of the molecule is CCOC(=O)c1oc2cc(OC[C@@H]3O[C@H](COC(C)=O)[C@H](OC(C)=O)[C@@H](OC(C)=O)[C@@H]3OC(C)=O)ccc2c(=O)c1-c1cscn1. The summed E-state index contributed by atoms with van der Waals surface area (Å²) in [7, 11) is 0. The van der Waals surface area contributed by atoms with E-state index < -0.39 is 72.4 Å². The highest BCUT2D eigenvalue weighted by molar-refractivity contribution is 7.07. The van der Waals surface area contributed by atoms with Crippen LogP contribution in [0.5, 0.6) is 5.75 Å². The van der Waals surface area contributed by atoms with Crippen LogP contribution in [0.15, 0.2) is 38.3 Å². The molecule has 5 atom stereocenters. The molecule has 0 N–H and O–H groups in total. The van der Waals surface area contributed by atoms with Crippen LogP contribution in [0, 0.1) is 0 Å². The van der Waals surface area contributed by atoms with Gasteiger partial charge in [0.1, 0.15) is 36.8 Å². The molecule has 0 spiro atoms. The highest BCUT2D eigenvalue weighted by Gasteiger charge is 2.52. The quantitative estimate of drug-likeness (QED) is 0.215. The molecular formula is C30H31NO14S. The van der Waals surface area contributed by atoms with Crippen LogP contribution in [-0.2, 0) is 47.6 Å². The first-order valence-corrected chi connectivity index (χ1v) is 14.9. The normalized spacial score (nSPS) is 20.8. The van der Waals surface area contributed by atoms with E-state index in [1.165, 1.54) is 42.0 Å². The van der Waals surface area contributed by atoms with Gasteiger partial charge in [0.25, 0.3) is 0 Å². The monoisotopic (exact) mass is 661 g/mol. The molecule has 15 nitrogen and oxygen atoms in total. The van der Waals surface area contributed by atoms with Crippen LogP contribution in [0.1, 0.15) is 45.2 Å². The molecule has 1 fully saturated rings. The van der Waals surface area contributed by atoms with Crippen LogP contribution < -0.4 is 10.2 Å². The Hall–Kier alpha value is -4.83. The Morgan fingerprint density at radius 3 is 2.04 bits per heavy atom. The summed E-state index contributed by atoms with van der Waals surface area (Å²) in [5, 5.41) is 1.74. The Bertz CT molecular complexity index is 1670. The number of esters is 5.